The summed E-state index contributed by atoms with van der Waals surface area (Å²) in [5.74, 6) is 0.752. The van der Waals surface area contributed by atoms with Gasteiger partial charge in [0.2, 0.25) is 0 Å². The number of cyclic esters (lactones) is 1. The van der Waals surface area contributed by atoms with E-state index in [0.717, 1.165) is 15.6 Å². The third kappa shape index (κ3) is 5.97. The fourth-order valence-electron chi connectivity index (χ4n) is 4.00. The highest BCUT2D eigenvalue weighted by Gasteiger charge is 2.39. The highest BCUT2D eigenvalue weighted by molar-refractivity contribution is 9.10. The van der Waals surface area contributed by atoms with Gasteiger partial charge in [0.05, 0.1) is 25.6 Å². The molecule has 1 saturated heterocycles. The molecule has 0 radical (unpaired) electrons. The van der Waals surface area contributed by atoms with E-state index in [9.17, 15) is 9.59 Å². The van der Waals surface area contributed by atoms with Crippen molar-refractivity contribution in [1.82, 2.24) is 4.90 Å². The lowest BCUT2D eigenvalue weighted by Gasteiger charge is -2.22. The van der Waals surface area contributed by atoms with Crippen molar-refractivity contribution >= 4 is 39.6 Å². The average Bonchev–Trinajstić information content (AvgIpc) is 3.12. The molecular formula is C27H25BrClNO5. The summed E-state index contributed by atoms with van der Waals surface area (Å²) in [6.07, 6.45) is -0.669. The van der Waals surface area contributed by atoms with Crippen LogP contribution in [0.5, 0.6) is 11.5 Å². The highest BCUT2D eigenvalue weighted by Crippen LogP contribution is 2.36. The summed E-state index contributed by atoms with van der Waals surface area (Å²) in [5, 5.41) is 0.460. The molecule has 0 spiro atoms. The van der Waals surface area contributed by atoms with E-state index in [-0.39, 0.29) is 30.6 Å². The van der Waals surface area contributed by atoms with Crippen LogP contribution in [0.1, 0.15) is 36.6 Å². The third-order valence-corrected chi connectivity index (χ3v) is 6.63. The number of halogens is 2. The minimum atomic E-state index is -0.375. The maximum absolute atomic E-state index is 12.8. The first-order chi connectivity index (χ1) is 16.9. The molecular weight excluding hydrogens is 534 g/mol. The fraction of sp³-hybridized carbons (Fsp3) is 0.259. The topological polar surface area (TPSA) is 65.1 Å². The average molecular weight is 559 g/mol. The van der Waals surface area contributed by atoms with Gasteiger partial charge in [-0.3, -0.25) is 9.69 Å². The Kier molecular flexibility index (Phi) is 7.98. The molecule has 3 aromatic rings. The number of hydrogen-bond donors (Lipinski definition) is 0. The molecule has 0 unspecified atom stereocenters. The van der Waals surface area contributed by atoms with Crippen LogP contribution >= 0.6 is 27.5 Å². The summed E-state index contributed by atoms with van der Waals surface area (Å²) in [6, 6.07) is 20.3. The Morgan fingerprint density at radius 1 is 1.09 bits per heavy atom. The lowest BCUT2D eigenvalue weighted by molar-refractivity contribution is -0.142. The lowest BCUT2D eigenvalue weighted by Crippen LogP contribution is -2.31. The molecule has 0 aliphatic carbocycles. The summed E-state index contributed by atoms with van der Waals surface area (Å²) in [4.78, 5) is 26.4. The second kappa shape index (κ2) is 11.1. The molecule has 3 aromatic carbocycles. The van der Waals surface area contributed by atoms with Gasteiger partial charge in [0.15, 0.2) is 0 Å². The van der Waals surface area contributed by atoms with Crippen molar-refractivity contribution in [3.8, 4) is 11.5 Å². The maximum atomic E-state index is 12.8. The van der Waals surface area contributed by atoms with Gasteiger partial charge in [-0.1, -0.05) is 57.9 Å². The molecule has 0 bridgehead atoms. The molecule has 0 aromatic heterocycles. The fourth-order valence-corrected chi connectivity index (χ4v) is 4.59. The Hall–Kier alpha value is -3.03. The van der Waals surface area contributed by atoms with E-state index in [1.807, 2.05) is 55.5 Å². The van der Waals surface area contributed by atoms with Gasteiger partial charge >= 0.3 is 12.1 Å². The Labute approximate surface area is 217 Å². The first-order valence-electron chi connectivity index (χ1n) is 11.3. The van der Waals surface area contributed by atoms with Crippen molar-refractivity contribution in [3.63, 3.8) is 0 Å². The van der Waals surface area contributed by atoms with Crippen LogP contribution in [0, 0.1) is 0 Å². The number of rotatable bonds is 8. The van der Waals surface area contributed by atoms with Crippen molar-refractivity contribution in [2.24, 2.45) is 0 Å². The Bertz CT molecular complexity index is 1220. The van der Waals surface area contributed by atoms with Crippen molar-refractivity contribution in [1.29, 1.82) is 0 Å². The van der Waals surface area contributed by atoms with Gasteiger partial charge in [0.1, 0.15) is 17.6 Å². The number of ether oxygens (including phenoxy) is 3. The molecule has 182 valence electrons. The van der Waals surface area contributed by atoms with Crippen molar-refractivity contribution in [2.75, 3.05) is 6.61 Å². The van der Waals surface area contributed by atoms with Gasteiger partial charge < -0.3 is 14.2 Å². The van der Waals surface area contributed by atoms with E-state index < -0.39 is 0 Å². The molecule has 1 heterocycles. The zero-order chi connectivity index (χ0) is 24.9. The standard InChI is InChI=1S/C27H25BrClNO5/c1-3-33-25(31)15-19-14-22(10-11-23(19)29)34-24-12-9-21(28)13-20(24)16-30-17(2)26(35-27(30)32)18-7-5-4-6-8-18/h4-14,17,26H,3,15-16H2,1-2H3/t17-,26-/m1/s1. The van der Waals surface area contributed by atoms with Crippen molar-refractivity contribution in [3.05, 3.63) is 92.9 Å². The van der Waals surface area contributed by atoms with Crippen LogP contribution in [0.2, 0.25) is 5.02 Å². The summed E-state index contributed by atoms with van der Waals surface area (Å²) >= 11 is 9.79. The SMILES string of the molecule is CCOC(=O)Cc1cc(Oc2ccc(Br)cc2CN2C(=O)O[C@@H](c3ccccc3)[C@H]2C)ccc1Cl. The summed E-state index contributed by atoms with van der Waals surface area (Å²) in [5.41, 5.74) is 2.37. The largest absolute Gasteiger partial charge is 0.466 e. The Morgan fingerprint density at radius 2 is 1.86 bits per heavy atom. The first-order valence-corrected chi connectivity index (χ1v) is 12.4. The van der Waals surface area contributed by atoms with Gasteiger partial charge in [0.25, 0.3) is 0 Å². The van der Waals surface area contributed by atoms with Gasteiger partial charge in [-0.15, -0.1) is 0 Å². The molecule has 0 N–H and O–H groups in total. The van der Waals surface area contributed by atoms with Gasteiger partial charge in [0, 0.05) is 15.1 Å². The Morgan fingerprint density at radius 3 is 2.60 bits per heavy atom. The second-order valence-electron chi connectivity index (χ2n) is 8.17. The van der Waals surface area contributed by atoms with Crippen LogP contribution in [0.4, 0.5) is 4.79 Å². The van der Waals surface area contributed by atoms with Crippen LogP contribution in [0.25, 0.3) is 0 Å². The van der Waals surface area contributed by atoms with Crippen LogP contribution in [0.15, 0.2) is 71.2 Å². The number of benzene rings is 3. The number of esters is 1. The van der Waals surface area contributed by atoms with Gasteiger partial charge in [-0.25, -0.2) is 4.79 Å². The van der Waals surface area contributed by atoms with Crippen molar-refractivity contribution < 1.29 is 23.8 Å². The molecule has 8 heteroatoms. The summed E-state index contributed by atoms with van der Waals surface area (Å²) < 4.78 is 17.8. The summed E-state index contributed by atoms with van der Waals surface area (Å²) in [7, 11) is 0. The number of carbonyl (C=O) groups is 2. The number of hydrogen-bond acceptors (Lipinski definition) is 5. The zero-order valence-corrected chi connectivity index (χ0v) is 21.7. The van der Waals surface area contributed by atoms with Gasteiger partial charge in [-0.05, 0) is 61.4 Å². The number of nitrogens with zero attached hydrogens (tertiary/aromatic N) is 1. The molecule has 1 aliphatic rings. The van der Waals surface area contributed by atoms with Gasteiger partial charge in [-0.2, -0.15) is 0 Å². The molecule has 6 nitrogen and oxygen atoms in total. The highest BCUT2D eigenvalue weighted by atomic mass is 79.9. The lowest BCUT2D eigenvalue weighted by atomic mass is 10.0. The molecule has 1 amide bonds. The zero-order valence-electron chi connectivity index (χ0n) is 19.4. The van der Waals surface area contributed by atoms with E-state index in [1.165, 1.54) is 0 Å². The second-order valence-corrected chi connectivity index (χ2v) is 9.50. The van der Waals surface area contributed by atoms with E-state index in [4.69, 9.17) is 25.8 Å². The summed E-state index contributed by atoms with van der Waals surface area (Å²) in [6.45, 7) is 4.34. The Balaban J connectivity index is 1.55. The molecule has 1 aliphatic heterocycles. The van der Waals surface area contributed by atoms with Crippen LogP contribution in [-0.2, 0) is 27.2 Å². The molecule has 0 saturated carbocycles. The predicted octanol–water partition coefficient (Wildman–Crippen LogP) is 7.08. The third-order valence-electron chi connectivity index (χ3n) is 5.77. The molecule has 2 atom stereocenters. The monoisotopic (exact) mass is 557 g/mol. The molecule has 35 heavy (non-hydrogen) atoms. The number of carbonyl (C=O) groups excluding carboxylic acids is 2. The normalized spacial score (nSPS) is 17.3. The minimum absolute atomic E-state index is 0.0507. The van der Waals surface area contributed by atoms with E-state index >= 15 is 0 Å². The molecule has 1 fully saturated rings. The van der Waals surface area contributed by atoms with E-state index in [2.05, 4.69) is 15.9 Å². The minimum Gasteiger partial charge on any atom is -0.466 e. The van der Waals surface area contributed by atoms with Crippen LogP contribution in [-0.4, -0.2) is 29.6 Å². The van der Waals surface area contributed by atoms with Crippen LogP contribution < -0.4 is 4.74 Å². The van der Waals surface area contributed by atoms with Crippen molar-refractivity contribution in [2.45, 2.75) is 39.0 Å². The van der Waals surface area contributed by atoms with E-state index in [0.29, 0.717) is 35.2 Å². The predicted molar refractivity (Wildman–Crippen MR) is 137 cm³/mol. The number of amides is 1. The maximum Gasteiger partial charge on any atom is 0.411 e. The first kappa shape index (κ1) is 25.1. The quantitative estimate of drug-likeness (QED) is 0.276. The van der Waals surface area contributed by atoms with Crippen LogP contribution in [0.3, 0.4) is 0 Å². The smallest absolute Gasteiger partial charge is 0.411 e. The van der Waals surface area contributed by atoms with E-state index in [1.54, 1.807) is 30.0 Å². The molecule has 4 rings (SSSR count).